The zero-order valence-corrected chi connectivity index (χ0v) is 27.0. The van der Waals surface area contributed by atoms with Crippen molar-refractivity contribution in [3.05, 3.63) is 48.1 Å². The molecule has 0 saturated carbocycles. The zero-order chi connectivity index (χ0) is 32.1. The van der Waals surface area contributed by atoms with Gasteiger partial charge >= 0.3 is 11.9 Å². The summed E-state index contributed by atoms with van der Waals surface area (Å²) >= 11 is 0. The van der Waals surface area contributed by atoms with Gasteiger partial charge in [0.2, 0.25) is 5.79 Å². The Morgan fingerprint density at radius 3 is 2.64 bits per heavy atom. The number of hydrogen-bond acceptors (Lipinski definition) is 9. The maximum absolute atomic E-state index is 13.5. The van der Waals surface area contributed by atoms with E-state index in [1.807, 2.05) is 19.9 Å². The fourth-order valence-electron chi connectivity index (χ4n) is 6.82. The maximum Gasteiger partial charge on any atom is 0.346 e. The summed E-state index contributed by atoms with van der Waals surface area (Å²) in [5.41, 5.74) is 1.01. The van der Waals surface area contributed by atoms with E-state index in [0.717, 1.165) is 36.8 Å². The van der Waals surface area contributed by atoms with Crippen LogP contribution < -0.4 is 9.47 Å². The van der Waals surface area contributed by atoms with E-state index in [4.69, 9.17) is 28.4 Å². The highest BCUT2D eigenvalue weighted by Crippen LogP contribution is 2.56. The number of rotatable bonds is 15. The predicted octanol–water partition coefficient (Wildman–Crippen LogP) is 6.26. The van der Waals surface area contributed by atoms with Crippen LogP contribution in [0.4, 0.5) is 0 Å². The van der Waals surface area contributed by atoms with E-state index in [1.165, 1.54) is 13.2 Å². The SMILES string of the molecule is C=CCOC(=O)c1c(OCC=C)cc2c3c1O[C@]1(C[C@@H]3O[C@H](CCCCC)C2)OC[C@@H](C[C@@H](O)[C@@](C)(CC)C(=O)OC)[C@@H]1C. The van der Waals surface area contributed by atoms with E-state index in [2.05, 4.69) is 20.1 Å². The van der Waals surface area contributed by atoms with Crippen LogP contribution in [0.2, 0.25) is 0 Å². The molecule has 1 N–H and O–H groups in total. The standard InChI is InChI=1S/C35H50O9/c1-8-12-13-14-25-17-23-18-26(40-15-9-2)30(32(37)41-16-10-3)31-29(23)27(43-25)20-35(44-31)22(5)24(21-42-35)19-28(36)34(6,11-4)33(38)39-7/h9-10,18,22,24-25,27-28,36H,2-3,8,11-17,19-21H2,1,4-7H3/t22-,24+,25+,27-,28+,34+,35-/m0/s1. The molecule has 1 aromatic carbocycles. The van der Waals surface area contributed by atoms with Gasteiger partial charge in [0.25, 0.3) is 0 Å². The molecular formula is C35H50O9. The summed E-state index contributed by atoms with van der Waals surface area (Å²) in [7, 11) is 1.34. The van der Waals surface area contributed by atoms with E-state index in [-0.39, 0.29) is 42.8 Å². The topological polar surface area (TPSA) is 110 Å². The van der Waals surface area contributed by atoms with Crippen molar-refractivity contribution in [2.75, 3.05) is 26.9 Å². The average Bonchev–Trinajstić information content (AvgIpc) is 3.30. The summed E-state index contributed by atoms with van der Waals surface area (Å²) in [6, 6.07) is 1.92. The number of aliphatic hydroxyl groups is 1. The Morgan fingerprint density at radius 1 is 1.23 bits per heavy atom. The van der Waals surface area contributed by atoms with Gasteiger partial charge in [0.1, 0.15) is 30.3 Å². The molecule has 0 aromatic heterocycles. The zero-order valence-electron chi connectivity index (χ0n) is 27.0. The van der Waals surface area contributed by atoms with Gasteiger partial charge in [-0.3, -0.25) is 4.79 Å². The molecule has 0 radical (unpaired) electrons. The fraction of sp³-hybridized carbons (Fsp3) is 0.657. The molecule has 3 heterocycles. The van der Waals surface area contributed by atoms with E-state index in [0.29, 0.717) is 43.8 Å². The van der Waals surface area contributed by atoms with Crippen molar-refractivity contribution in [2.45, 2.75) is 103 Å². The van der Waals surface area contributed by atoms with Crippen molar-refractivity contribution >= 4 is 11.9 Å². The van der Waals surface area contributed by atoms with Crippen molar-refractivity contribution in [2.24, 2.45) is 17.3 Å². The van der Waals surface area contributed by atoms with Crippen LogP contribution in [0, 0.1) is 17.3 Å². The maximum atomic E-state index is 13.5. The first-order valence-corrected chi connectivity index (χ1v) is 16.0. The summed E-state index contributed by atoms with van der Waals surface area (Å²) in [5, 5.41) is 11.3. The van der Waals surface area contributed by atoms with Gasteiger partial charge in [0.15, 0.2) is 0 Å². The normalized spacial score (nSPS) is 27.4. The van der Waals surface area contributed by atoms with Gasteiger partial charge in [-0.2, -0.15) is 0 Å². The lowest BCUT2D eigenvalue weighted by atomic mass is 9.74. The molecule has 4 rings (SSSR count). The second kappa shape index (κ2) is 14.5. The highest BCUT2D eigenvalue weighted by Gasteiger charge is 2.57. The van der Waals surface area contributed by atoms with E-state index < -0.39 is 29.2 Å². The van der Waals surface area contributed by atoms with Crippen molar-refractivity contribution in [3.63, 3.8) is 0 Å². The summed E-state index contributed by atoms with van der Waals surface area (Å²) < 4.78 is 36.6. The minimum Gasteiger partial charge on any atom is -0.488 e. The second-order valence-corrected chi connectivity index (χ2v) is 12.6. The smallest absolute Gasteiger partial charge is 0.346 e. The quantitative estimate of drug-likeness (QED) is 0.139. The second-order valence-electron chi connectivity index (χ2n) is 12.6. The van der Waals surface area contributed by atoms with Gasteiger partial charge in [-0.05, 0) is 50.2 Å². The van der Waals surface area contributed by atoms with Crippen LogP contribution in [0.25, 0.3) is 0 Å². The summed E-state index contributed by atoms with van der Waals surface area (Å²) in [6.45, 7) is 15.8. The molecule has 1 spiro atoms. The molecule has 0 aliphatic carbocycles. The van der Waals surface area contributed by atoms with Crippen LogP contribution in [0.5, 0.6) is 11.5 Å². The molecule has 1 aromatic rings. The van der Waals surface area contributed by atoms with Crippen molar-refractivity contribution < 1.29 is 43.1 Å². The monoisotopic (exact) mass is 614 g/mol. The molecule has 44 heavy (non-hydrogen) atoms. The fourth-order valence-corrected chi connectivity index (χ4v) is 6.82. The lowest BCUT2D eigenvalue weighted by molar-refractivity contribution is -0.214. The van der Waals surface area contributed by atoms with Gasteiger partial charge in [-0.15, -0.1) is 0 Å². The van der Waals surface area contributed by atoms with E-state index in [9.17, 15) is 14.7 Å². The molecule has 244 valence electrons. The van der Waals surface area contributed by atoms with Crippen LogP contribution in [-0.4, -0.2) is 62.0 Å². The summed E-state index contributed by atoms with van der Waals surface area (Å²) in [6.07, 6.45) is 7.94. The number of methoxy groups -OCH3 is 1. The van der Waals surface area contributed by atoms with Crippen molar-refractivity contribution in [1.82, 2.24) is 0 Å². The Kier molecular flexibility index (Phi) is 11.2. The number of esters is 2. The number of carbonyl (C=O) groups excluding carboxylic acids is 2. The molecule has 3 aliphatic heterocycles. The average molecular weight is 615 g/mol. The largest absolute Gasteiger partial charge is 0.488 e. The van der Waals surface area contributed by atoms with Gasteiger partial charge in [0, 0.05) is 17.9 Å². The molecule has 1 saturated heterocycles. The Morgan fingerprint density at radius 2 is 1.98 bits per heavy atom. The number of aliphatic hydroxyl groups excluding tert-OH is 1. The van der Waals surface area contributed by atoms with Crippen molar-refractivity contribution in [3.8, 4) is 11.5 Å². The molecule has 3 aliphatic rings. The number of hydrogen-bond donors (Lipinski definition) is 1. The highest BCUT2D eigenvalue weighted by atomic mass is 16.7. The summed E-state index contributed by atoms with van der Waals surface area (Å²) in [5.74, 6) is -1.75. The number of carbonyl (C=O) groups is 2. The Bertz CT molecular complexity index is 1210. The first-order chi connectivity index (χ1) is 21.1. The van der Waals surface area contributed by atoms with Gasteiger partial charge < -0.3 is 33.5 Å². The third-order valence-corrected chi connectivity index (χ3v) is 9.85. The Hall–Kier alpha value is -2.88. The van der Waals surface area contributed by atoms with Crippen LogP contribution in [-0.2, 0) is 30.2 Å². The van der Waals surface area contributed by atoms with E-state index >= 15 is 0 Å². The number of unbranched alkanes of at least 4 members (excludes halogenated alkanes) is 2. The Labute approximate surface area is 261 Å². The molecule has 0 bridgehead atoms. The van der Waals surface area contributed by atoms with Crippen LogP contribution in [0.15, 0.2) is 31.4 Å². The third kappa shape index (κ3) is 6.56. The molecule has 1 fully saturated rings. The van der Waals surface area contributed by atoms with Crippen LogP contribution in [0.3, 0.4) is 0 Å². The lowest BCUT2D eigenvalue weighted by Gasteiger charge is -2.46. The first kappa shape index (κ1) is 34.0. The van der Waals surface area contributed by atoms with Crippen LogP contribution in [0.1, 0.15) is 100 Å². The molecular weight excluding hydrogens is 564 g/mol. The minimum absolute atomic E-state index is 0.00696. The minimum atomic E-state index is -1.12. The van der Waals surface area contributed by atoms with Gasteiger partial charge in [-0.1, -0.05) is 65.3 Å². The van der Waals surface area contributed by atoms with Gasteiger partial charge in [0.05, 0.1) is 37.4 Å². The molecule has 0 unspecified atom stereocenters. The molecule has 9 heteroatoms. The lowest BCUT2D eigenvalue weighted by Crippen LogP contribution is -2.49. The number of ether oxygens (including phenoxy) is 6. The Balaban J connectivity index is 1.74. The first-order valence-electron chi connectivity index (χ1n) is 16.0. The van der Waals surface area contributed by atoms with Gasteiger partial charge in [-0.25, -0.2) is 4.79 Å². The van der Waals surface area contributed by atoms with E-state index in [1.54, 1.807) is 13.0 Å². The molecule has 9 nitrogen and oxygen atoms in total. The third-order valence-electron chi connectivity index (χ3n) is 9.85. The number of benzene rings is 1. The predicted molar refractivity (Wildman–Crippen MR) is 166 cm³/mol. The highest BCUT2D eigenvalue weighted by molar-refractivity contribution is 5.97. The van der Waals surface area contributed by atoms with Crippen molar-refractivity contribution in [1.29, 1.82) is 0 Å². The van der Waals surface area contributed by atoms with Crippen LogP contribution >= 0.6 is 0 Å². The molecule has 7 atom stereocenters. The summed E-state index contributed by atoms with van der Waals surface area (Å²) in [4.78, 5) is 26.1. The molecule has 0 amide bonds.